The fraction of sp³-hybridized carbons (Fsp3) is 0.417. The Hall–Kier alpha value is -1.03. The molecule has 0 saturated heterocycles. The quantitative estimate of drug-likeness (QED) is 0.754. The molecular formula is C12H13FO2S. The first kappa shape index (κ1) is 11.5. The van der Waals surface area contributed by atoms with Gasteiger partial charge in [0.15, 0.2) is 5.78 Å². The average molecular weight is 240 g/mol. The van der Waals surface area contributed by atoms with Gasteiger partial charge >= 0.3 is 0 Å². The fourth-order valence-electron chi connectivity index (χ4n) is 1.80. The van der Waals surface area contributed by atoms with E-state index in [1.54, 1.807) is 6.07 Å². The van der Waals surface area contributed by atoms with Crippen LogP contribution in [0.5, 0.6) is 5.75 Å². The zero-order chi connectivity index (χ0) is 11.9. The van der Waals surface area contributed by atoms with Gasteiger partial charge in [0, 0.05) is 11.3 Å². The summed E-state index contributed by atoms with van der Waals surface area (Å²) in [6.45, 7) is 3.64. The number of halogens is 1. The van der Waals surface area contributed by atoms with Crippen molar-refractivity contribution in [1.82, 2.24) is 0 Å². The molecule has 0 amide bonds. The van der Waals surface area contributed by atoms with E-state index < -0.39 is 10.6 Å². The molecule has 86 valence electrons. The summed E-state index contributed by atoms with van der Waals surface area (Å²) in [5.74, 6) is 0.590. The summed E-state index contributed by atoms with van der Waals surface area (Å²) >= 11 is 1.51. The van der Waals surface area contributed by atoms with E-state index in [-0.39, 0.29) is 11.3 Å². The highest BCUT2D eigenvalue weighted by Gasteiger charge is 2.38. The number of ether oxygens (including phenoxy) is 1. The molecule has 1 aliphatic rings. The second kappa shape index (κ2) is 3.77. The largest absolute Gasteiger partial charge is 0.496 e. The van der Waals surface area contributed by atoms with Crippen molar-refractivity contribution < 1.29 is 13.9 Å². The van der Waals surface area contributed by atoms with Gasteiger partial charge in [-0.3, -0.25) is 4.79 Å². The molecule has 2 nitrogen and oxygen atoms in total. The fourth-order valence-corrected chi connectivity index (χ4v) is 2.82. The second-order valence-electron chi connectivity index (χ2n) is 4.23. The molecule has 1 heterocycles. The zero-order valence-corrected chi connectivity index (χ0v) is 10.3. The van der Waals surface area contributed by atoms with Gasteiger partial charge in [-0.1, -0.05) is 0 Å². The van der Waals surface area contributed by atoms with Gasteiger partial charge in [-0.25, -0.2) is 4.39 Å². The van der Waals surface area contributed by atoms with Crippen LogP contribution in [0.4, 0.5) is 4.39 Å². The lowest BCUT2D eigenvalue weighted by molar-refractivity contribution is 0.0950. The molecule has 1 aliphatic heterocycles. The van der Waals surface area contributed by atoms with E-state index in [2.05, 4.69) is 0 Å². The predicted octanol–water partition coefficient (Wildman–Crippen LogP) is 3.04. The summed E-state index contributed by atoms with van der Waals surface area (Å²) in [5, 5.41) is 0. The zero-order valence-electron chi connectivity index (χ0n) is 9.46. The van der Waals surface area contributed by atoms with Crippen LogP contribution in [0.3, 0.4) is 0 Å². The van der Waals surface area contributed by atoms with Crippen molar-refractivity contribution in [2.75, 3.05) is 7.11 Å². The summed E-state index contributed by atoms with van der Waals surface area (Å²) < 4.78 is 18.3. The predicted molar refractivity (Wildman–Crippen MR) is 62.7 cm³/mol. The summed E-state index contributed by atoms with van der Waals surface area (Å²) in [4.78, 5) is 12.1. The maximum atomic E-state index is 13.7. The molecule has 0 N–H and O–H groups in total. The lowest BCUT2D eigenvalue weighted by Crippen LogP contribution is -2.33. The van der Waals surface area contributed by atoms with E-state index >= 15 is 0 Å². The van der Waals surface area contributed by atoms with Gasteiger partial charge in [0.25, 0.3) is 0 Å². The van der Waals surface area contributed by atoms with Crippen molar-refractivity contribution in [2.24, 2.45) is 0 Å². The Morgan fingerprint density at radius 1 is 1.44 bits per heavy atom. The van der Waals surface area contributed by atoms with Gasteiger partial charge in [0.2, 0.25) is 0 Å². The highest BCUT2D eigenvalue weighted by molar-refractivity contribution is 8.00. The molecule has 4 heteroatoms. The number of hydrogen-bond donors (Lipinski definition) is 0. The molecule has 1 aromatic rings. The third kappa shape index (κ3) is 1.61. The SMILES string of the molecule is COc1ccc(F)c2c1CSC(C)(C)C2=O. The van der Waals surface area contributed by atoms with Crippen LogP contribution in [-0.2, 0) is 5.75 Å². The van der Waals surface area contributed by atoms with E-state index in [9.17, 15) is 9.18 Å². The minimum atomic E-state index is -0.555. The van der Waals surface area contributed by atoms with Crippen LogP contribution < -0.4 is 4.74 Å². The van der Waals surface area contributed by atoms with Gasteiger partial charge in [-0.15, -0.1) is 11.8 Å². The van der Waals surface area contributed by atoms with Gasteiger partial charge in [-0.2, -0.15) is 0 Å². The number of carbonyl (C=O) groups is 1. The average Bonchev–Trinajstić information content (AvgIpc) is 2.24. The molecule has 0 aliphatic carbocycles. The summed E-state index contributed by atoms with van der Waals surface area (Å²) in [5.41, 5.74) is 0.875. The Morgan fingerprint density at radius 2 is 2.12 bits per heavy atom. The molecule has 2 rings (SSSR count). The minimum absolute atomic E-state index is 0.157. The molecule has 0 aromatic heterocycles. The number of rotatable bonds is 1. The number of ketones is 1. The first-order chi connectivity index (χ1) is 7.47. The summed E-state index contributed by atoms with van der Waals surface area (Å²) in [7, 11) is 1.53. The van der Waals surface area contributed by atoms with Crippen LogP contribution >= 0.6 is 11.8 Å². The molecule has 16 heavy (non-hydrogen) atoms. The van der Waals surface area contributed by atoms with Crippen molar-refractivity contribution in [2.45, 2.75) is 24.3 Å². The molecule has 0 atom stereocenters. The molecule has 0 radical (unpaired) electrons. The van der Waals surface area contributed by atoms with Crippen LogP contribution in [0.1, 0.15) is 29.8 Å². The van der Waals surface area contributed by atoms with E-state index in [4.69, 9.17) is 4.74 Å². The molecule has 0 saturated carbocycles. The van der Waals surface area contributed by atoms with Crippen molar-refractivity contribution in [3.63, 3.8) is 0 Å². The lowest BCUT2D eigenvalue weighted by atomic mass is 9.94. The third-order valence-corrected chi connectivity index (χ3v) is 4.13. The van der Waals surface area contributed by atoms with Gasteiger partial charge < -0.3 is 4.74 Å². The number of thioether (sulfide) groups is 1. The van der Waals surface area contributed by atoms with Crippen LogP contribution in [0.2, 0.25) is 0 Å². The Morgan fingerprint density at radius 3 is 2.75 bits per heavy atom. The van der Waals surface area contributed by atoms with Crippen LogP contribution in [-0.4, -0.2) is 17.6 Å². The third-order valence-electron chi connectivity index (χ3n) is 2.79. The monoisotopic (exact) mass is 240 g/mol. The Kier molecular flexibility index (Phi) is 2.70. The Bertz CT molecular complexity index is 455. The topological polar surface area (TPSA) is 26.3 Å². The van der Waals surface area contributed by atoms with E-state index in [0.717, 1.165) is 0 Å². The highest BCUT2D eigenvalue weighted by atomic mass is 32.2. The van der Waals surface area contributed by atoms with Crippen molar-refractivity contribution in [1.29, 1.82) is 0 Å². The maximum Gasteiger partial charge on any atom is 0.181 e. The van der Waals surface area contributed by atoms with Crippen molar-refractivity contribution in [3.8, 4) is 5.75 Å². The second-order valence-corrected chi connectivity index (χ2v) is 5.83. The highest BCUT2D eigenvalue weighted by Crippen LogP contribution is 2.42. The summed E-state index contributed by atoms with van der Waals surface area (Å²) in [6, 6.07) is 2.86. The van der Waals surface area contributed by atoms with E-state index in [0.29, 0.717) is 17.1 Å². The maximum absolute atomic E-state index is 13.7. The molecule has 0 spiro atoms. The minimum Gasteiger partial charge on any atom is -0.496 e. The molecular weight excluding hydrogens is 227 g/mol. The number of methoxy groups -OCH3 is 1. The smallest absolute Gasteiger partial charge is 0.181 e. The molecule has 0 unspecified atom stereocenters. The standard InChI is InChI=1S/C12H13FO2S/c1-12(2)11(14)10-7(6-16-12)9(15-3)5-4-8(10)13/h4-5H,6H2,1-3H3. The molecule has 0 bridgehead atoms. The first-order valence-electron chi connectivity index (χ1n) is 5.01. The van der Waals surface area contributed by atoms with Gasteiger partial charge in [0.05, 0.1) is 17.4 Å². The van der Waals surface area contributed by atoms with E-state index in [1.165, 1.54) is 24.9 Å². The normalized spacial score (nSPS) is 18.1. The summed E-state index contributed by atoms with van der Waals surface area (Å²) in [6.07, 6.45) is 0. The lowest BCUT2D eigenvalue weighted by Gasteiger charge is -2.30. The van der Waals surface area contributed by atoms with Crippen LogP contribution in [0, 0.1) is 5.82 Å². The Labute approximate surface area is 98.2 Å². The Balaban J connectivity index is 2.64. The van der Waals surface area contributed by atoms with Crippen LogP contribution in [0.25, 0.3) is 0 Å². The van der Waals surface area contributed by atoms with E-state index in [1.807, 2.05) is 13.8 Å². The van der Waals surface area contributed by atoms with Gasteiger partial charge in [-0.05, 0) is 26.0 Å². The first-order valence-corrected chi connectivity index (χ1v) is 6.00. The number of fused-ring (bicyclic) bond motifs is 1. The van der Waals surface area contributed by atoms with Crippen molar-refractivity contribution in [3.05, 3.63) is 29.1 Å². The van der Waals surface area contributed by atoms with Crippen molar-refractivity contribution >= 4 is 17.5 Å². The number of benzene rings is 1. The molecule has 0 fully saturated rings. The van der Waals surface area contributed by atoms with Gasteiger partial charge in [0.1, 0.15) is 11.6 Å². The van der Waals surface area contributed by atoms with Crippen LogP contribution in [0.15, 0.2) is 12.1 Å². The molecule has 1 aromatic carbocycles. The number of Topliss-reactive ketones (excluding diaryl/α,β-unsaturated/α-hetero) is 1. The number of carbonyl (C=O) groups excluding carboxylic acids is 1. The number of hydrogen-bond acceptors (Lipinski definition) is 3.